The molecule has 1 saturated carbocycles. The zero-order valence-electron chi connectivity index (χ0n) is 20.0. The molecule has 0 radical (unpaired) electrons. The van der Waals surface area contributed by atoms with Gasteiger partial charge in [-0.3, -0.25) is 14.6 Å². The average molecular weight is 532 g/mol. The number of hydrogen-bond donors (Lipinski definition) is 1. The second kappa shape index (κ2) is 10.0. The summed E-state index contributed by atoms with van der Waals surface area (Å²) in [4.78, 5) is 36.8. The summed E-state index contributed by atoms with van der Waals surface area (Å²) < 4.78 is 41.0. The number of amides is 2. The highest BCUT2D eigenvalue weighted by Crippen LogP contribution is 2.41. The fraction of sp³-hybridized carbons (Fsp3) is 0.308. The van der Waals surface area contributed by atoms with Crippen LogP contribution in [0.2, 0.25) is 0 Å². The molecule has 1 aliphatic heterocycles. The summed E-state index contributed by atoms with van der Waals surface area (Å²) in [6, 6.07) is 11.8. The van der Waals surface area contributed by atoms with Gasteiger partial charge >= 0.3 is 6.18 Å². The van der Waals surface area contributed by atoms with Crippen LogP contribution < -0.4 is 5.32 Å². The highest BCUT2D eigenvalue weighted by Gasteiger charge is 2.49. The minimum absolute atomic E-state index is 0. The number of aromatic nitrogens is 2. The second-order valence-corrected chi connectivity index (χ2v) is 9.14. The van der Waals surface area contributed by atoms with Gasteiger partial charge in [-0.15, -0.1) is 12.4 Å². The van der Waals surface area contributed by atoms with Crippen LogP contribution in [0.25, 0.3) is 5.69 Å². The SMILES string of the molecule is Cc1cn(-c2ccc(C3=NC4(CCCC4)N(CC(=O)Nc4cccc(C(F)(F)F)c4)C3=O)cc2)cn1.Cl. The van der Waals surface area contributed by atoms with Crippen LogP contribution in [0.5, 0.6) is 0 Å². The van der Waals surface area contributed by atoms with Gasteiger partial charge in [0.05, 0.1) is 17.6 Å². The molecule has 194 valence electrons. The van der Waals surface area contributed by atoms with Crippen molar-refractivity contribution in [3.8, 4) is 5.69 Å². The Balaban J connectivity index is 0.00000320. The van der Waals surface area contributed by atoms with Gasteiger partial charge < -0.3 is 14.8 Å². The first-order valence-corrected chi connectivity index (χ1v) is 11.6. The highest BCUT2D eigenvalue weighted by molar-refractivity contribution is 6.47. The van der Waals surface area contributed by atoms with Crippen LogP contribution in [0.3, 0.4) is 0 Å². The summed E-state index contributed by atoms with van der Waals surface area (Å²) >= 11 is 0. The highest BCUT2D eigenvalue weighted by atomic mass is 35.5. The predicted octanol–water partition coefficient (Wildman–Crippen LogP) is 5.16. The molecule has 7 nitrogen and oxygen atoms in total. The van der Waals surface area contributed by atoms with Gasteiger partial charge in [-0.1, -0.05) is 18.2 Å². The lowest BCUT2D eigenvalue weighted by molar-refractivity contribution is -0.137. The number of anilines is 1. The number of alkyl halides is 3. The number of carbonyl (C=O) groups excluding carboxylic acids is 2. The number of nitrogens with zero attached hydrogens (tertiary/aromatic N) is 4. The predicted molar refractivity (Wildman–Crippen MR) is 135 cm³/mol. The summed E-state index contributed by atoms with van der Waals surface area (Å²) in [7, 11) is 0. The molecule has 0 bridgehead atoms. The van der Waals surface area contributed by atoms with Crippen molar-refractivity contribution in [1.29, 1.82) is 0 Å². The van der Waals surface area contributed by atoms with Gasteiger partial charge in [0.25, 0.3) is 5.91 Å². The Morgan fingerprint density at radius 2 is 1.81 bits per heavy atom. The van der Waals surface area contributed by atoms with Gasteiger partial charge in [-0.2, -0.15) is 13.2 Å². The maximum atomic E-state index is 13.5. The van der Waals surface area contributed by atoms with E-state index in [0.717, 1.165) is 36.4 Å². The molecule has 2 heterocycles. The molecule has 2 aromatic carbocycles. The van der Waals surface area contributed by atoms with Crippen molar-refractivity contribution >= 4 is 35.6 Å². The van der Waals surface area contributed by atoms with E-state index in [2.05, 4.69) is 10.3 Å². The van der Waals surface area contributed by atoms with Crippen LogP contribution in [-0.4, -0.2) is 44.2 Å². The van der Waals surface area contributed by atoms with Crippen molar-refractivity contribution in [2.45, 2.75) is 44.4 Å². The van der Waals surface area contributed by atoms with E-state index in [9.17, 15) is 22.8 Å². The van der Waals surface area contributed by atoms with Crippen LogP contribution in [0.1, 0.15) is 42.5 Å². The number of hydrogen-bond acceptors (Lipinski definition) is 4. The third-order valence-electron chi connectivity index (χ3n) is 6.60. The largest absolute Gasteiger partial charge is 0.416 e. The minimum atomic E-state index is -4.52. The van der Waals surface area contributed by atoms with Crippen LogP contribution >= 0.6 is 12.4 Å². The molecule has 37 heavy (non-hydrogen) atoms. The van der Waals surface area contributed by atoms with Crippen LogP contribution in [0.4, 0.5) is 18.9 Å². The van der Waals surface area contributed by atoms with E-state index in [1.807, 2.05) is 42.0 Å². The third-order valence-corrected chi connectivity index (χ3v) is 6.60. The minimum Gasteiger partial charge on any atom is -0.325 e. The summed E-state index contributed by atoms with van der Waals surface area (Å²) in [5.41, 5.74) is 1.07. The molecule has 1 aromatic heterocycles. The standard InChI is InChI=1S/C26H24F3N5O2.ClH/c1-17-14-33(16-30-17)21-9-7-18(8-10-21)23-24(36)34(25(32-23)11-2-3-12-25)15-22(35)31-20-6-4-5-19(13-20)26(27,28)29;/h4-10,13-14,16H,2-3,11-12,15H2,1H3,(H,31,35);1H. The van der Waals surface area contributed by atoms with Crippen LogP contribution in [-0.2, 0) is 15.8 Å². The summed E-state index contributed by atoms with van der Waals surface area (Å²) in [5.74, 6) is -0.932. The Morgan fingerprint density at radius 1 is 1.11 bits per heavy atom. The number of aryl methyl sites for hydroxylation is 1. The van der Waals surface area contributed by atoms with E-state index < -0.39 is 23.3 Å². The molecule has 1 N–H and O–H groups in total. The molecule has 3 aromatic rings. The molecule has 2 amide bonds. The number of rotatable bonds is 5. The number of nitrogens with one attached hydrogen (secondary N) is 1. The van der Waals surface area contributed by atoms with Gasteiger partial charge in [-0.05, 0) is 62.9 Å². The average Bonchev–Trinajstić information content (AvgIpc) is 3.56. The molecule has 11 heteroatoms. The van der Waals surface area contributed by atoms with Crippen molar-refractivity contribution in [3.05, 3.63) is 77.9 Å². The summed E-state index contributed by atoms with van der Waals surface area (Å²) in [5, 5.41) is 2.50. The first kappa shape index (κ1) is 26.4. The number of benzene rings is 2. The van der Waals surface area contributed by atoms with Gasteiger partial charge in [0, 0.05) is 23.1 Å². The Bertz CT molecular complexity index is 1340. The van der Waals surface area contributed by atoms with Gasteiger partial charge in [0.2, 0.25) is 5.91 Å². The van der Waals surface area contributed by atoms with Gasteiger partial charge in [-0.25, -0.2) is 4.98 Å². The van der Waals surface area contributed by atoms with Crippen molar-refractivity contribution in [2.75, 3.05) is 11.9 Å². The first-order chi connectivity index (χ1) is 17.1. The number of carbonyl (C=O) groups is 2. The fourth-order valence-corrected chi connectivity index (χ4v) is 4.83. The molecular formula is C26H25ClF3N5O2. The van der Waals surface area contributed by atoms with Crippen molar-refractivity contribution in [2.24, 2.45) is 4.99 Å². The molecule has 0 unspecified atom stereocenters. The number of imidazole rings is 1. The number of halogens is 4. The Hall–Kier alpha value is -3.66. The molecule has 1 spiro atoms. The lowest BCUT2D eigenvalue weighted by atomic mass is 10.1. The Labute approximate surface area is 217 Å². The lowest BCUT2D eigenvalue weighted by Gasteiger charge is -2.32. The molecule has 2 aliphatic rings. The quantitative estimate of drug-likeness (QED) is 0.494. The third kappa shape index (κ3) is 5.24. The lowest BCUT2D eigenvalue weighted by Crippen LogP contribution is -2.48. The zero-order chi connectivity index (χ0) is 25.5. The molecule has 1 aliphatic carbocycles. The summed E-state index contributed by atoms with van der Waals surface area (Å²) in [6.45, 7) is 1.60. The first-order valence-electron chi connectivity index (χ1n) is 11.6. The monoisotopic (exact) mass is 531 g/mol. The van der Waals surface area contributed by atoms with Crippen molar-refractivity contribution in [1.82, 2.24) is 14.5 Å². The maximum absolute atomic E-state index is 13.5. The molecule has 0 atom stereocenters. The van der Waals surface area contributed by atoms with Crippen LogP contribution in [0.15, 0.2) is 66.0 Å². The maximum Gasteiger partial charge on any atom is 0.416 e. The smallest absolute Gasteiger partial charge is 0.325 e. The van der Waals surface area contributed by atoms with Gasteiger partial charge in [0.15, 0.2) is 0 Å². The van der Waals surface area contributed by atoms with Crippen molar-refractivity contribution in [3.63, 3.8) is 0 Å². The van der Waals surface area contributed by atoms with E-state index in [1.54, 1.807) is 6.33 Å². The molecule has 0 saturated heterocycles. The zero-order valence-corrected chi connectivity index (χ0v) is 20.8. The van der Waals surface area contributed by atoms with E-state index in [1.165, 1.54) is 17.0 Å². The van der Waals surface area contributed by atoms with E-state index in [4.69, 9.17) is 4.99 Å². The van der Waals surface area contributed by atoms with E-state index in [0.29, 0.717) is 18.4 Å². The van der Waals surface area contributed by atoms with Crippen molar-refractivity contribution < 1.29 is 22.8 Å². The topological polar surface area (TPSA) is 79.6 Å². The number of aliphatic imine (C=N–C) groups is 1. The van der Waals surface area contributed by atoms with E-state index in [-0.39, 0.29) is 36.3 Å². The molecule has 1 fully saturated rings. The Kier molecular flexibility index (Phi) is 7.14. The fourth-order valence-electron chi connectivity index (χ4n) is 4.83. The normalized spacial score (nSPS) is 16.6. The van der Waals surface area contributed by atoms with Gasteiger partial charge in [0.1, 0.15) is 17.9 Å². The van der Waals surface area contributed by atoms with E-state index >= 15 is 0 Å². The molecule has 5 rings (SSSR count). The molecular weight excluding hydrogens is 507 g/mol. The summed E-state index contributed by atoms with van der Waals surface area (Å²) in [6.07, 6.45) is 2.08. The second-order valence-electron chi connectivity index (χ2n) is 9.14. The van der Waals surface area contributed by atoms with Crippen LogP contribution in [0, 0.1) is 6.92 Å². The Morgan fingerprint density at radius 3 is 2.43 bits per heavy atom.